The summed E-state index contributed by atoms with van der Waals surface area (Å²) in [7, 11) is 3.46. The van der Waals surface area contributed by atoms with Crippen molar-refractivity contribution in [3.63, 3.8) is 0 Å². The van der Waals surface area contributed by atoms with Crippen LogP contribution in [0.1, 0.15) is 48.7 Å². The Morgan fingerprint density at radius 1 is 1.24 bits per heavy atom. The molecule has 33 heavy (non-hydrogen) atoms. The van der Waals surface area contributed by atoms with Gasteiger partial charge in [0.2, 0.25) is 5.75 Å². The number of carbonyl (C=O) groups excluding carboxylic acids is 2. The summed E-state index contributed by atoms with van der Waals surface area (Å²) in [6.07, 6.45) is 0. The Balaban J connectivity index is 2.01. The highest BCUT2D eigenvalue weighted by Crippen LogP contribution is 2.23. The summed E-state index contributed by atoms with van der Waals surface area (Å²) in [5, 5.41) is 5.95. The molecular formula is C23H30FN5O4. The Hall–Kier alpha value is -3.11. The summed E-state index contributed by atoms with van der Waals surface area (Å²) >= 11 is 0. The van der Waals surface area contributed by atoms with Gasteiger partial charge in [-0.2, -0.15) is 0 Å². The Morgan fingerprint density at radius 2 is 1.91 bits per heavy atom. The van der Waals surface area contributed by atoms with E-state index >= 15 is 0 Å². The van der Waals surface area contributed by atoms with E-state index in [1.165, 1.54) is 16.7 Å². The van der Waals surface area contributed by atoms with Gasteiger partial charge >= 0.3 is 5.97 Å². The molecule has 0 aliphatic carbocycles. The minimum Gasteiger partial charge on any atom is -0.418 e. The number of ether oxygens (including phenoxy) is 1. The number of aromatic nitrogens is 2. The molecule has 1 aliphatic heterocycles. The predicted octanol–water partition coefficient (Wildman–Crippen LogP) is 1.38. The zero-order valence-electron chi connectivity index (χ0n) is 19.6. The van der Waals surface area contributed by atoms with E-state index < -0.39 is 28.6 Å². The number of nitrogens with zero attached hydrogens (tertiary/aromatic N) is 3. The maximum atomic E-state index is 13.2. The number of nitrogens with one attached hydrogen (secondary N) is 2. The van der Waals surface area contributed by atoms with Crippen molar-refractivity contribution in [1.82, 2.24) is 25.1 Å². The van der Waals surface area contributed by atoms with Crippen molar-refractivity contribution >= 4 is 11.9 Å². The van der Waals surface area contributed by atoms with Crippen LogP contribution in [0.4, 0.5) is 4.39 Å². The third-order valence-corrected chi connectivity index (χ3v) is 5.48. The molecule has 1 aromatic heterocycles. The molecule has 0 saturated carbocycles. The average molecular weight is 460 g/mol. The zero-order valence-corrected chi connectivity index (χ0v) is 19.6. The van der Waals surface area contributed by atoms with E-state index in [1.54, 1.807) is 40.0 Å². The van der Waals surface area contributed by atoms with E-state index in [9.17, 15) is 18.8 Å². The summed E-state index contributed by atoms with van der Waals surface area (Å²) in [6, 6.07) is 5.42. The number of amides is 1. The number of rotatable bonds is 5. The summed E-state index contributed by atoms with van der Waals surface area (Å²) in [5.74, 6) is -1.73. The van der Waals surface area contributed by atoms with Gasteiger partial charge in [0.15, 0.2) is 5.69 Å². The highest BCUT2D eigenvalue weighted by atomic mass is 19.1. The molecule has 1 unspecified atom stereocenters. The van der Waals surface area contributed by atoms with E-state index in [4.69, 9.17) is 4.74 Å². The van der Waals surface area contributed by atoms with E-state index in [0.29, 0.717) is 17.9 Å². The van der Waals surface area contributed by atoms with Gasteiger partial charge in [-0.1, -0.05) is 12.1 Å². The highest BCUT2D eigenvalue weighted by molar-refractivity contribution is 5.95. The Bertz CT molecular complexity index is 1090. The number of benzene rings is 1. The van der Waals surface area contributed by atoms with E-state index in [0.717, 1.165) is 13.1 Å². The van der Waals surface area contributed by atoms with Crippen molar-refractivity contribution < 1.29 is 18.7 Å². The van der Waals surface area contributed by atoms with Crippen molar-refractivity contribution in [3.8, 4) is 5.75 Å². The van der Waals surface area contributed by atoms with Gasteiger partial charge in [0, 0.05) is 33.2 Å². The first-order valence-corrected chi connectivity index (χ1v) is 10.8. The summed E-state index contributed by atoms with van der Waals surface area (Å²) in [4.78, 5) is 45.4. The van der Waals surface area contributed by atoms with Crippen LogP contribution in [0.2, 0.25) is 0 Å². The molecule has 3 rings (SSSR count). The zero-order chi connectivity index (χ0) is 24.3. The van der Waals surface area contributed by atoms with Crippen LogP contribution in [-0.2, 0) is 18.4 Å². The van der Waals surface area contributed by atoms with Crippen LogP contribution in [0.25, 0.3) is 0 Å². The fourth-order valence-corrected chi connectivity index (χ4v) is 3.35. The van der Waals surface area contributed by atoms with Crippen molar-refractivity contribution in [1.29, 1.82) is 0 Å². The Labute approximate surface area is 191 Å². The number of esters is 1. The molecule has 10 heteroatoms. The number of likely N-dealkylation sites (N-methyl/N-ethyl adjacent to an activating group) is 1. The molecule has 1 amide bonds. The first kappa shape index (κ1) is 24.5. The van der Waals surface area contributed by atoms with Crippen LogP contribution in [0.3, 0.4) is 0 Å². The van der Waals surface area contributed by atoms with Crippen LogP contribution in [-0.4, -0.2) is 53.0 Å². The van der Waals surface area contributed by atoms with Gasteiger partial charge in [0.1, 0.15) is 11.6 Å². The van der Waals surface area contributed by atoms with Crippen molar-refractivity contribution in [2.75, 3.05) is 26.7 Å². The van der Waals surface area contributed by atoms with Crippen LogP contribution < -0.4 is 20.9 Å². The number of piperazine rings is 1. The van der Waals surface area contributed by atoms with Gasteiger partial charge in [-0.3, -0.25) is 23.9 Å². The third kappa shape index (κ3) is 5.63. The summed E-state index contributed by atoms with van der Waals surface area (Å²) < 4.78 is 19.9. The predicted molar refractivity (Wildman–Crippen MR) is 120 cm³/mol. The molecule has 1 aromatic carbocycles. The van der Waals surface area contributed by atoms with Crippen molar-refractivity contribution in [2.24, 2.45) is 12.5 Å². The molecular weight excluding hydrogens is 429 g/mol. The van der Waals surface area contributed by atoms with Crippen LogP contribution in [0.5, 0.6) is 5.75 Å². The molecule has 2 aromatic rings. The Kier molecular flexibility index (Phi) is 7.28. The quantitative estimate of drug-likeness (QED) is 0.651. The van der Waals surface area contributed by atoms with Gasteiger partial charge in [-0.25, -0.2) is 9.37 Å². The molecule has 1 atom stereocenters. The molecule has 2 heterocycles. The van der Waals surface area contributed by atoms with Crippen LogP contribution in [0, 0.1) is 11.2 Å². The molecule has 9 nitrogen and oxygen atoms in total. The normalized spacial score (nSPS) is 17.0. The van der Waals surface area contributed by atoms with Crippen LogP contribution in [0.15, 0.2) is 29.1 Å². The summed E-state index contributed by atoms with van der Waals surface area (Å²) in [6.45, 7) is 7.13. The molecule has 2 N–H and O–H groups in total. The molecule has 0 spiro atoms. The number of hydrogen-bond donors (Lipinski definition) is 2. The second-order valence-electron chi connectivity index (χ2n) is 9.16. The fourth-order valence-electron chi connectivity index (χ4n) is 3.35. The first-order valence-electron chi connectivity index (χ1n) is 10.8. The van der Waals surface area contributed by atoms with Crippen LogP contribution >= 0.6 is 0 Å². The lowest BCUT2D eigenvalue weighted by Crippen LogP contribution is -2.46. The SMILES string of the molecule is CN1CCNCC1c1nc(C(=O)NCc2ccc(F)cc2)c(OC(=O)C(C)(C)C)c(=O)n1C. The van der Waals surface area contributed by atoms with E-state index in [-0.39, 0.29) is 24.1 Å². The largest absolute Gasteiger partial charge is 0.418 e. The molecule has 1 fully saturated rings. The van der Waals surface area contributed by atoms with Gasteiger partial charge in [0.25, 0.3) is 11.5 Å². The maximum absolute atomic E-state index is 13.2. The van der Waals surface area contributed by atoms with Gasteiger partial charge in [-0.05, 0) is 45.5 Å². The molecule has 1 saturated heterocycles. The lowest BCUT2D eigenvalue weighted by molar-refractivity contribution is -0.143. The van der Waals surface area contributed by atoms with Crippen molar-refractivity contribution in [3.05, 3.63) is 57.5 Å². The van der Waals surface area contributed by atoms with E-state index in [2.05, 4.69) is 15.6 Å². The molecule has 1 aliphatic rings. The third-order valence-electron chi connectivity index (χ3n) is 5.48. The number of hydrogen-bond acceptors (Lipinski definition) is 7. The first-order chi connectivity index (χ1) is 15.5. The standard InChI is InChI=1S/C23H30FN5O4/c1-23(2,3)22(32)33-18-17(20(30)26-12-14-6-8-15(24)9-7-14)27-19(29(5)21(18)31)16-13-25-10-11-28(16)4/h6-9,16,25H,10-13H2,1-5H3,(H,26,30). The van der Waals surface area contributed by atoms with Gasteiger partial charge < -0.3 is 15.4 Å². The highest BCUT2D eigenvalue weighted by Gasteiger charge is 2.32. The maximum Gasteiger partial charge on any atom is 0.316 e. The Morgan fingerprint density at radius 3 is 2.52 bits per heavy atom. The second-order valence-corrected chi connectivity index (χ2v) is 9.16. The molecule has 0 radical (unpaired) electrons. The van der Waals surface area contributed by atoms with Crippen molar-refractivity contribution in [2.45, 2.75) is 33.4 Å². The smallest absolute Gasteiger partial charge is 0.316 e. The summed E-state index contributed by atoms with van der Waals surface area (Å²) in [5.41, 5.74) is -1.10. The lowest BCUT2D eigenvalue weighted by Gasteiger charge is -2.33. The fraction of sp³-hybridized carbons (Fsp3) is 0.478. The average Bonchev–Trinajstić information content (AvgIpc) is 2.76. The second kappa shape index (κ2) is 9.80. The minimum atomic E-state index is -0.890. The van der Waals surface area contributed by atoms with E-state index in [1.807, 2.05) is 11.9 Å². The number of carbonyl (C=O) groups is 2. The lowest BCUT2D eigenvalue weighted by atomic mass is 9.97. The number of halogens is 1. The molecule has 0 bridgehead atoms. The topological polar surface area (TPSA) is 106 Å². The van der Waals surface area contributed by atoms with Gasteiger partial charge in [-0.15, -0.1) is 0 Å². The molecule has 178 valence electrons. The minimum absolute atomic E-state index is 0.0862. The van der Waals surface area contributed by atoms with Gasteiger partial charge in [0.05, 0.1) is 11.5 Å². The monoisotopic (exact) mass is 459 g/mol.